The maximum absolute atomic E-state index is 13.2. The molecule has 1 atom stereocenters. The summed E-state index contributed by atoms with van der Waals surface area (Å²) in [6.45, 7) is 6.46. The van der Waals surface area contributed by atoms with Gasteiger partial charge in [0.05, 0.1) is 42.8 Å². The third-order valence-corrected chi connectivity index (χ3v) is 6.46. The van der Waals surface area contributed by atoms with Crippen molar-refractivity contribution in [2.24, 2.45) is 0 Å². The number of Topliss-reactive ketones (excluding diaryl/α,β-unsaturated/α-hetero) is 1. The molecule has 0 unspecified atom stereocenters. The lowest BCUT2D eigenvalue weighted by molar-refractivity contribution is -0.907. The van der Waals surface area contributed by atoms with Gasteiger partial charge in [0, 0.05) is 0 Å². The minimum atomic E-state index is -0.571. The van der Waals surface area contributed by atoms with Gasteiger partial charge in [-0.05, 0) is 23.9 Å². The summed E-state index contributed by atoms with van der Waals surface area (Å²) < 4.78 is 5.41. The lowest BCUT2D eigenvalue weighted by atomic mass is 9.95. The molecule has 1 saturated heterocycles. The summed E-state index contributed by atoms with van der Waals surface area (Å²) in [5.41, 5.74) is 2.12. The molecule has 0 bridgehead atoms. The molecule has 2 aliphatic heterocycles. The number of benzene rings is 1. The lowest BCUT2D eigenvalue weighted by Crippen LogP contribution is -3.14. The van der Waals surface area contributed by atoms with Crippen molar-refractivity contribution in [3.63, 3.8) is 0 Å². The predicted molar refractivity (Wildman–Crippen MR) is 110 cm³/mol. The van der Waals surface area contributed by atoms with E-state index in [1.165, 1.54) is 16.2 Å². The van der Waals surface area contributed by atoms with Crippen molar-refractivity contribution in [1.29, 1.82) is 0 Å². The van der Waals surface area contributed by atoms with Gasteiger partial charge in [-0.1, -0.05) is 35.9 Å². The third kappa shape index (κ3) is 3.99. The van der Waals surface area contributed by atoms with E-state index in [0.29, 0.717) is 11.4 Å². The van der Waals surface area contributed by atoms with Gasteiger partial charge in [0.25, 0.3) is 5.91 Å². The Hall–Kier alpha value is -2.48. The van der Waals surface area contributed by atoms with E-state index in [2.05, 4.69) is 0 Å². The molecule has 3 heterocycles. The number of hydrogen-bond donors (Lipinski definition) is 2. The predicted octanol–water partition coefficient (Wildman–Crippen LogP) is 1.55. The summed E-state index contributed by atoms with van der Waals surface area (Å²) in [5.74, 6) is -1.17. The van der Waals surface area contributed by atoms with Crippen molar-refractivity contribution in [3.8, 4) is 0 Å². The largest absolute Gasteiger partial charge is 0.503 e. The normalized spacial score (nSPS) is 20.5. The van der Waals surface area contributed by atoms with Crippen LogP contribution in [0, 0.1) is 6.92 Å². The fraction of sp³-hybridized carbons (Fsp3) is 0.364. The first-order valence-corrected chi connectivity index (χ1v) is 10.7. The number of rotatable bonds is 6. The molecule has 2 aromatic rings. The van der Waals surface area contributed by atoms with E-state index in [9.17, 15) is 14.7 Å². The molecular weight excluding hydrogens is 388 g/mol. The number of nitrogens with zero attached hydrogens (tertiary/aromatic N) is 1. The van der Waals surface area contributed by atoms with Crippen molar-refractivity contribution in [1.82, 2.24) is 4.90 Å². The van der Waals surface area contributed by atoms with Gasteiger partial charge in [0.1, 0.15) is 13.1 Å². The molecule has 4 rings (SSSR count). The number of amides is 1. The van der Waals surface area contributed by atoms with Gasteiger partial charge in [-0.25, -0.2) is 0 Å². The number of aliphatic hydroxyl groups is 1. The van der Waals surface area contributed by atoms with Crippen molar-refractivity contribution in [2.45, 2.75) is 13.0 Å². The van der Waals surface area contributed by atoms with Crippen molar-refractivity contribution in [2.75, 3.05) is 39.4 Å². The smallest absolute Gasteiger partial charge is 0.290 e. The van der Waals surface area contributed by atoms with E-state index < -0.39 is 17.7 Å². The van der Waals surface area contributed by atoms with Crippen molar-refractivity contribution in [3.05, 3.63) is 69.1 Å². The Balaban J connectivity index is 1.66. The highest BCUT2D eigenvalue weighted by Gasteiger charge is 2.44. The van der Waals surface area contributed by atoms with Crippen LogP contribution in [0.4, 0.5) is 0 Å². The molecule has 1 aromatic heterocycles. The number of morpholine rings is 1. The molecule has 152 valence electrons. The number of carbonyl (C=O) groups excluding carboxylic acids is 2. The summed E-state index contributed by atoms with van der Waals surface area (Å²) >= 11 is 1.32. The zero-order valence-electron chi connectivity index (χ0n) is 16.4. The van der Waals surface area contributed by atoms with Crippen LogP contribution in [-0.4, -0.2) is 61.1 Å². The highest BCUT2D eigenvalue weighted by Crippen LogP contribution is 2.39. The monoisotopic (exact) mass is 413 g/mol. The van der Waals surface area contributed by atoms with Crippen molar-refractivity contribution < 1.29 is 24.3 Å². The molecule has 1 fully saturated rings. The fourth-order valence-corrected chi connectivity index (χ4v) is 4.62. The van der Waals surface area contributed by atoms with Crippen LogP contribution in [0.25, 0.3) is 0 Å². The molecule has 29 heavy (non-hydrogen) atoms. The summed E-state index contributed by atoms with van der Waals surface area (Å²) in [7, 11) is 0. The second-order valence-corrected chi connectivity index (χ2v) is 8.44. The van der Waals surface area contributed by atoms with E-state index in [1.807, 2.05) is 36.6 Å². The van der Waals surface area contributed by atoms with E-state index in [4.69, 9.17) is 4.74 Å². The maximum atomic E-state index is 13.2. The molecule has 7 heteroatoms. The topological polar surface area (TPSA) is 71.3 Å². The summed E-state index contributed by atoms with van der Waals surface area (Å²) in [5, 5.41) is 12.5. The van der Waals surface area contributed by atoms with Crippen LogP contribution in [0.3, 0.4) is 0 Å². The molecule has 0 aliphatic carbocycles. The Kier molecular flexibility index (Phi) is 5.80. The Morgan fingerprint density at radius 3 is 2.62 bits per heavy atom. The number of ketones is 1. The first-order valence-electron chi connectivity index (χ1n) is 9.86. The molecule has 1 aromatic carbocycles. The molecule has 0 spiro atoms. The molecular formula is C22H25N2O4S+. The molecule has 2 aliphatic rings. The Bertz CT molecular complexity index is 915. The second kappa shape index (κ2) is 8.49. The quantitative estimate of drug-likeness (QED) is 0.705. The van der Waals surface area contributed by atoms with Gasteiger partial charge in [-0.2, -0.15) is 0 Å². The number of nitrogens with one attached hydrogen (secondary N) is 1. The second-order valence-electron chi connectivity index (χ2n) is 7.49. The highest BCUT2D eigenvalue weighted by atomic mass is 32.1. The summed E-state index contributed by atoms with van der Waals surface area (Å²) in [4.78, 5) is 29.6. The van der Waals surface area contributed by atoms with Crippen LogP contribution in [0.15, 0.2) is 53.1 Å². The Labute approximate surface area is 174 Å². The number of hydrogen-bond acceptors (Lipinski definition) is 5. The van der Waals surface area contributed by atoms with Crippen LogP contribution in [0.1, 0.15) is 26.8 Å². The molecule has 0 radical (unpaired) electrons. The Morgan fingerprint density at radius 2 is 1.97 bits per heavy atom. The molecule has 0 saturated carbocycles. The van der Waals surface area contributed by atoms with Gasteiger partial charge in [-0.15, -0.1) is 11.3 Å². The Morgan fingerprint density at radius 1 is 1.24 bits per heavy atom. The third-order valence-electron chi connectivity index (χ3n) is 5.59. The SMILES string of the molecule is Cc1ccc([C@H]2C(C(=O)c3cccs3)=C(O)C(=O)N2CC[NH+]2CCOCC2)cc1. The van der Waals surface area contributed by atoms with E-state index in [1.54, 1.807) is 17.0 Å². The fourth-order valence-electron chi connectivity index (χ4n) is 3.94. The van der Waals surface area contributed by atoms with Crippen LogP contribution in [-0.2, 0) is 9.53 Å². The maximum Gasteiger partial charge on any atom is 0.290 e. The van der Waals surface area contributed by atoms with E-state index in [0.717, 1.165) is 44.0 Å². The number of carbonyl (C=O) groups is 2. The zero-order chi connectivity index (χ0) is 20.4. The number of aryl methyl sites for hydroxylation is 1. The van der Waals surface area contributed by atoms with Gasteiger partial charge >= 0.3 is 0 Å². The molecule has 6 nitrogen and oxygen atoms in total. The lowest BCUT2D eigenvalue weighted by Gasteiger charge is -2.30. The molecule has 1 amide bonds. The average molecular weight is 414 g/mol. The minimum absolute atomic E-state index is 0.179. The van der Waals surface area contributed by atoms with E-state index in [-0.39, 0.29) is 11.4 Å². The van der Waals surface area contributed by atoms with Gasteiger partial charge in [0.15, 0.2) is 5.76 Å². The minimum Gasteiger partial charge on any atom is -0.503 e. The van der Waals surface area contributed by atoms with E-state index >= 15 is 0 Å². The van der Waals surface area contributed by atoms with Crippen LogP contribution < -0.4 is 4.90 Å². The average Bonchev–Trinajstić information content (AvgIpc) is 3.36. The number of thiophene rings is 1. The summed E-state index contributed by atoms with van der Waals surface area (Å²) in [6, 6.07) is 10.8. The highest BCUT2D eigenvalue weighted by molar-refractivity contribution is 7.12. The van der Waals surface area contributed by atoms with Crippen LogP contribution in [0.2, 0.25) is 0 Å². The molecule has 2 N–H and O–H groups in total. The first-order chi connectivity index (χ1) is 14.1. The van der Waals surface area contributed by atoms with Crippen LogP contribution >= 0.6 is 11.3 Å². The zero-order valence-corrected chi connectivity index (χ0v) is 17.2. The van der Waals surface area contributed by atoms with Gasteiger partial charge in [-0.3, -0.25) is 9.59 Å². The first kappa shape index (κ1) is 19.8. The summed E-state index contributed by atoms with van der Waals surface area (Å²) in [6.07, 6.45) is 0. The van der Waals surface area contributed by atoms with Gasteiger partial charge in [0.2, 0.25) is 5.78 Å². The number of quaternary nitrogens is 1. The van der Waals surface area contributed by atoms with Gasteiger partial charge < -0.3 is 19.6 Å². The number of ether oxygens (including phenoxy) is 1. The standard InChI is InChI=1S/C22H24N2O4S/c1-15-4-6-16(7-5-15)19-18(20(25)17-3-2-14-29-17)21(26)22(27)24(19)9-8-23-10-12-28-13-11-23/h2-7,14,19,26H,8-13H2,1H3/p+1/t19-/m0/s1. The van der Waals surface area contributed by atoms with Crippen LogP contribution in [0.5, 0.6) is 0 Å². The van der Waals surface area contributed by atoms with Crippen molar-refractivity contribution >= 4 is 23.0 Å². The number of aliphatic hydroxyl groups excluding tert-OH is 1.